The van der Waals surface area contributed by atoms with Crippen molar-refractivity contribution in [1.82, 2.24) is 28.6 Å². The molecule has 1 unspecified atom stereocenters. The Morgan fingerprint density at radius 2 is 1.83 bits per heavy atom. The van der Waals surface area contributed by atoms with E-state index in [1.807, 2.05) is 28.5 Å². The van der Waals surface area contributed by atoms with Gasteiger partial charge in [-0.3, -0.25) is 9.80 Å². The van der Waals surface area contributed by atoms with Gasteiger partial charge in [0.15, 0.2) is 0 Å². The quantitative estimate of drug-likeness (QED) is 0.269. The number of thiophene rings is 1. The molecule has 2 fully saturated rings. The Kier molecular flexibility index (Phi) is 9.49. The smallest absolute Gasteiger partial charge is 0.376 e. The third-order valence-electron chi connectivity index (χ3n) is 9.17. The van der Waals surface area contributed by atoms with Crippen molar-refractivity contribution in [3.8, 4) is 6.07 Å². The van der Waals surface area contributed by atoms with Crippen molar-refractivity contribution in [2.45, 2.75) is 57.7 Å². The summed E-state index contributed by atoms with van der Waals surface area (Å²) < 4.78 is 65.7. The normalized spacial score (nSPS) is 18.6. The van der Waals surface area contributed by atoms with Gasteiger partial charge < -0.3 is 15.0 Å². The number of nitriles is 1. The first-order valence-electron chi connectivity index (χ1n) is 15.5. The number of alkyl halides is 3. The van der Waals surface area contributed by atoms with Gasteiger partial charge in [-0.1, -0.05) is 6.07 Å². The minimum atomic E-state index is -4.27. The summed E-state index contributed by atoms with van der Waals surface area (Å²) in [5.41, 5.74) is 3.54. The summed E-state index contributed by atoms with van der Waals surface area (Å²) >= 11 is 1.04. The molecule has 252 valence electrons. The number of halogens is 3. The fourth-order valence-electron chi connectivity index (χ4n) is 6.57. The molecule has 3 aromatic heterocycles. The van der Waals surface area contributed by atoms with Crippen molar-refractivity contribution in [3.63, 3.8) is 0 Å². The van der Waals surface area contributed by atoms with Crippen molar-refractivity contribution in [2.24, 2.45) is 0 Å². The molecule has 0 aliphatic carbocycles. The van der Waals surface area contributed by atoms with E-state index in [1.165, 1.54) is 23.0 Å². The Hall–Kier alpha value is -3.33. The molecule has 0 amide bonds. The lowest BCUT2D eigenvalue weighted by Crippen LogP contribution is -2.52. The number of piperazine rings is 1. The number of nitrogens with zero attached hydrogens (tertiary/aromatic N) is 7. The van der Waals surface area contributed by atoms with Gasteiger partial charge in [-0.05, 0) is 49.1 Å². The average Bonchev–Trinajstić information content (AvgIpc) is 3.59. The van der Waals surface area contributed by atoms with Crippen LogP contribution in [0.25, 0.3) is 21.1 Å². The predicted molar refractivity (Wildman–Crippen MR) is 174 cm³/mol. The number of sulfonamides is 1. The molecule has 6 rings (SSSR count). The highest BCUT2D eigenvalue weighted by Crippen LogP contribution is 2.33. The summed E-state index contributed by atoms with van der Waals surface area (Å²) in [7, 11) is -3.27. The van der Waals surface area contributed by atoms with Crippen LogP contribution < -0.4 is 5.32 Å². The number of aliphatic hydroxyl groups excluding tert-OH is 1. The lowest BCUT2D eigenvalue weighted by atomic mass is 10.0. The first-order valence-corrected chi connectivity index (χ1v) is 18.1. The number of hydrogen-bond donors (Lipinski definition) is 2. The van der Waals surface area contributed by atoms with Crippen molar-refractivity contribution in [2.75, 3.05) is 50.8 Å². The number of fused-ring (bicyclic) bond motifs is 2. The SMILES string of the molecule is Cc1c(CN2CCC(Nc3ncnc4sc(CC(F)(F)F)cc34)CC2)ccc2c1cc(C#N)n2CC(O)N1CCN(S(C)(=O)=O)CC1. The van der Waals surface area contributed by atoms with Crippen molar-refractivity contribution >= 4 is 48.3 Å². The lowest BCUT2D eigenvalue weighted by Gasteiger charge is -2.36. The number of likely N-dealkylation sites (tertiary alicyclic amines) is 1. The monoisotopic (exact) mass is 690 g/mol. The highest BCUT2D eigenvalue weighted by Gasteiger charge is 2.30. The summed E-state index contributed by atoms with van der Waals surface area (Å²) in [6, 6.07) is 9.87. The maximum atomic E-state index is 12.9. The largest absolute Gasteiger partial charge is 0.393 e. The highest BCUT2D eigenvalue weighted by molar-refractivity contribution is 7.88. The fourth-order valence-corrected chi connectivity index (χ4v) is 8.42. The Morgan fingerprint density at radius 3 is 2.49 bits per heavy atom. The number of aliphatic hydroxyl groups is 1. The van der Waals surface area contributed by atoms with Crippen LogP contribution in [0.3, 0.4) is 0 Å². The van der Waals surface area contributed by atoms with Crippen LogP contribution in [0.15, 0.2) is 30.6 Å². The molecule has 1 aromatic carbocycles. The second-order valence-electron chi connectivity index (χ2n) is 12.4. The molecular formula is C31H37F3N8O3S2. The molecule has 2 aliphatic heterocycles. The zero-order valence-corrected chi connectivity index (χ0v) is 27.8. The maximum Gasteiger partial charge on any atom is 0.393 e. The molecule has 0 bridgehead atoms. The van der Waals surface area contributed by atoms with Crippen LogP contribution in [0.1, 0.15) is 34.5 Å². The minimum absolute atomic E-state index is 0.131. The Morgan fingerprint density at radius 1 is 1.11 bits per heavy atom. The van der Waals surface area contributed by atoms with E-state index in [-0.39, 0.29) is 17.5 Å². The molecule has 5 heterocycles. The second-order valence-corrected chi connectivity index (χ2v) is 15.5. The molecule has 0 spiro atoms. The molecule has 2 N–H and O–H groups in total. The number of anilines is 1. The van der Waals surface area contributed by atoms with Crippen LogP contribution in [0.4, 0.5) is 19.0 Å². The first-order chi connectivity index (χ1) is 22.3. The van der Waals surface area contributed by atoms with E-state index in [2.05, 4.69) is 32.3 Å². The Balaban J connectivity index is 1.08. The molecule has 16 heteroatoms. The molecule has 4 aromatic rings. The van der Waals surface area contributed by atoms with Gasteiger partial charge in [0, 0.05) is 67.6 Å². The number of rotatable bonds is 9. The van der Waals surface area contributed by atoms with Gasteiger partial charge in [-0.25, -0.2) is 18.4 Å². The molecule has 11 nitrogen and oxygen atoms in total. The standard InChI is InChI=1S/C31H37F3N8O3S2/c1-20-21(3-4-27-25(20)13-23(16-35)42(27)18-28(43)40-9-11-41(12-10-40)47(2,44)45)17-39-7-5-22(6-8-39)38-29-26-14-24(15-31(32,33)34)46-30(26)37-19-36-29/h3-4,13-14,19,22,28,43H,5-12,15,17-18H2,1-2H3,(H,36,37,38). The first kappa shape index (κ1) is 33.6. The third-order valence-corrected chi connectivity index (χ3v) is 11.5. The second kappa shape index (κ2) is 13.3. The number of nitrogens with one attached hydrogen (secondary N) is 1. The maximum absolute atomic E-state index is 12.9. The lowest BCUT2D eigenvalue weighted by molar-refractivity contribution is -0.126. The van der Waals surface area contributed by atoms with Crippen LogP contribution in [0.5, 0.6) is 0 Å². The van der Waals surface area contributed by atoms with Gasteiger partial charge in [0.2, 0.25) is 10.0 Å². The van der Waals surface area contributed by atoms with Gasteiger partial charge in [0.1, 0.15) is 35.0 Å². The van der Waals surface area contributed by atoms with E-state index in [9.17, 15) is 32.0 Å². The number of aromatic nitrogens is 3. The van der Waals surface area contributed by atoms with Crippen LogP contribution in [-0.4, -0.2) is 106 Å². The zero-order valence-electron chi connectivity index (χ0n) is 26.2. The summed E-state index contributed by atoms with van der Waals surface area (Å²) in [6.07, 6.45) is -1.85. The van der Waals surface area contributed by atoms with Gasteiger partial charge in [-0.2, -0.15) is 22.7 Å². The molecule has 2 aliphatic rings. The third kappa shape index (κ3) is 7.55. The number of aryl methyl sites for hydroxylation is 1. The minimum Gasteiger partial charge on any atom is -0.376 e. The van der Waals surface area contributed by atoms with Crippen molar-refractivity contribution in [3.05, 3.63) is 52.3 Å². The van der Waals surface area contributed by atoms with Crippen molar-refractivity contribution < 1.29 is 26.7 Å². The molecule has 1 atom stereocenters. The summed E-state index contributed by atoms with van der Waals surface area (Å²) in [5, 5.41) is 26.0. The summed E-state index contributed by atoms with van der Waals surface area (Å²) in [5.74, 6) is 0.568. The highest BCUT2D eigenvalue weighted by atomic mass is 32.2. The average molecular weight is 691 g/mol. The molecule has 47 heavy (non-hydrogen) atoms. The van der Waals surface area contributed by atoms with Gasteiger partial charge in [0.05, 0.1) is 24.6 Å². The molecule has 2 saturated heterocycles. The Labute approximate surface area is 275 Å². The topological polar surface area (TPSA) is 131 Å². The van der Waals surface area contributed by atoms with E-state index in [4.69, 9.17) is 0 Å². The summed E-state index contributed by atoms with van der Waals surface area (Å²) in [6.45, 7) is 6.08. The van der Waals surface area contributed by atoms with Crippen LogP contribution in [0.2, 0.25) is 0 Å². The zero-order chi connectivity index (χ0) is 33.5. The van der Waals surface area contributed by atoms with Gasteiger partial charge in [0.25, 0.3) is 0 Å². The van der Waals surface area contributed by atoms with E-state index < -0.39 is 28.8 Å². The van der Waals surface area contributed by atoms with Gasteiger partial charge >= 0.3 is 6.18 Å². The van der Waals surface area contributed by atoms with Gasteiger partial charge in [-0.15, -0.1) is 11.3 Å². The predicted octanol–water partition coefficient (Wildman–Crippen LogP) is 3.90. The fraction of sp³-hybridized carbons (Fsp3) is 0.516. The van der Waals surface area contributed by atoms with Crippen LogP contribution in [0, 0.1) is 18.3 Å². The van der Waals surface area contributed by atoms with Crippen molar-refractivity contribution in [1.29, 1.82) is 5.26 Å². The van der Waals surface area contributed by atoms with E-state index in [1.54, 1.807) is 0 Å². The number of hydrogen-bond acceptors (Lipinski definition) is 10. The number of piperidine rings is 1. The summed E-state index contributed by atoms with van der Waals surface area (Å²) in [4.78, 5) is 13.5. The van der Waals surface area contributed by atoms with E-state index in [0.29, 0.717) is 47.9 Å². The number of benzene rings is 1. The van der Waals surface area contributed by atoms with E-state index >= 15 is 0 Å². The van der Waals surface area contributed by atoms with Crippen LogP contribution >= 0.6 is 11.3 Å². The Bertz CT molecular complexity index is 1900. The molecule has 0 radical (unpaired) electrons. The molecular weight excluding hydrogens is 654 g/mol. The van der Waals surface area contributed by atoms with Crippen LogP contribution in [-0.2, 0) is 29.5 Å². The van der Waals surface area contributed by atoms with E-state index in [0.717, 1.165) is 65.8 Å². The molecule has 0 saturated carbocycles.